The molecule has 1 fully saturated rings. The molecule has 2 aliphatic rings. The summed E-state index contributed by atoms with van der Waals surface area (Å²) in [6, 6.07) is 5.93. The van der Waals surface area contributed by atoms with Gasteiger partial charge in [0.05, 0.1) is 25.3 Å². The molecule has 1 aromatic carbocycles. The number of thiazole rings is 1. The number of aromatic nitrogens is 1. The highest BCUT2D eigenvalue weighted by molar-refractivity contribution is 7.13. The van der Waals surface area contributed by atoms with Crippen molar-refractivity contribution in [1.82, 2.24) is 10.4 Å². The maximum absolute atomic E-state index is 12.2. The van der Waals surface area contributed by atoms with Crippen LogP contribution in [0.5, 0.6) is 11.5 Å². The number of hydrazone groups is 1. The highest BCUT2D eigenvalue weighted by Crippen LogP contribution is 2.32. The average molecular weight is 417 g/mol. The van der Waals surface area contributed by atoms with Gasteiger partial charge in [0.2, 0.25) is 12.7 Å². The van der Waals surface area contributed by atoms with Crippen LogP contribution in [0.15, 0.2) is 28.7 Å². The number of rotatable bonds is 7. The van der Waals surface area contributed by atoms with E-state index in [2.05, 4.69) is 20.4 Å². The third-order valence-corrected chi connectivity index (χ3v) is 5.70. The molecule has 0 spiro atoms. The van der Waals surface area contributed by atoms with Crippen molar-refractivity contribution in [2.45, 2.75) is 26.2 Å². The molecule has 1 N–H and O–H groups in total. The van der Waals surface area contributed by atoms with E-state index in [0.717, 1.165) is 72.7 Å². The van der Waals surface area contributed by atoms with Gasteiger partial charge in [0.1, 0.15) is 0 Å². The maximum Gasteiger partial charge on any atom is 0.246 e. The minimum absolute atomic E-state index is 0.161. The molecule has 0 saturated carbocycles. The average Bonchev–Trinajstić information content (AvgIpc) is 3.40. The lowest BCUT2D eigenvalue weighted by molar-refractivity contribution is -0.120. The molecule has 4 rings (SSSR count). The number of carbonyl (C=O) groups excluding carboxylic acids is 1. The van der Waals surface area contributed by atoms with E-state index in [1.54, 1.807) is 11.3 Å². The zero-order valence-corrected chi connectivity index (χ0v) is 17.2. The van der Waals surface area contributed by atoms with E-state index >= 15 is 0 Å². The summed E-state index contributed by atoms with van der Waals surface area (Å²) >= 11 is 1.56. The lowest BCUT2D eigenvalue weighted by atomic mass is 10.1. The van der Waals surface area contributed by atoms with Gasteiger partial charge in [-0.2, -0.15) is 5.10 Å². The van der Waals surface area contributed by atoms with Crippen molar-refractivity contribution in [2.24, 2.45) is 5.10 Å². The summed E-state index contributed by atoms with van der Waals surface area (Å²) in [5.74, 6) is 1.40. The number of hydrogen-bond donors (Lipinski definition) is 1. The number of morpholine rings is 1. The van der Waals surface area contributed by atoms with Crippen LogP contribution in [-0.2, 0) is 22.4 Å². The van der Waals surface area contributed by atoms with Crippen LogP contribution in [0.2, 0.25) is 0 Å². The lowest BCUT2D eigenvalue weighted by Crippen LogP contribution is -2.36. The van der Waals surface area contributed by atoms with Crippen molar-refractivity contribution in [3.8, 4) is 11.5 Å². The van der Waals surface area contributed by atoms with Gasteiger partial charge in [-0.15, -0.1) is 11.3 Å². The van der Waals surface area contributed by atoms with Crippen LogP contribution in [0.25, 0.3) is 0 Å². The van der Waals surface area contributed by atoms with Crippen molar-refractivity contribution in [1.29, 1.82) is 0 Å². The second-order valence-electron chi connectivity index (χ2n) is 6.97. The second kappa shape index (κ2) is 9.23. The Morgan fingerprint density at radius 3 is 2.97 bits per heavy atom. The number of anilines is 1. The molecular formula is C20H24N4O4S. The van der Waals surface area contributed by atoms with Crippen molar-refractivity contribution in [2.75, 3.05) is 38.0 Å². The number of amides is 1. The van der Waals surface area contributed by atoms with E-state index in [4.69, 9.17) is 14.2 Å². The molecule has 0 atom stereocenters. The highest BCUT2D eigenvalue weighted by atomic mass is 32.1. The van der Waals surface area contributed by atoms with Gasteiger partial charge in [-0.1, -0.05) is 6.07 Å². The van der Waals surface area contributed by atoms with E-state index in [1.807, 2.05) is 30.5 Å². The standard InChI is InChI=1S/C20H24N4O4S/c1-14(2-3-15-4-5-17-18(10-15)28-13-27-17)22-23-19(25)11-16-12-29-20(21-16)24-6-8-26-9-7-24/h4-5,10,12H,2-3,6-9,11,13H2,1H3,(H,23,25)/b22-14-. The predicted octanol–water partition coefficient (Wildman–Crippen LogP) is 2.38. The Balaban J connectivity index is 1.23. The van der Waals surface area contributed by atoms with E-state index in [9.17, 15) is 4.79 Å². The summed E-state index contributed by atoms with van der Waals surface area (Å²) in [5.41, 5.74) is 5.41. The quantitative estimate of drug-likeness (QED) is 0.551. The van der Waals surface area contributed by atoms with Crippen LogP contribution in [-0.4, -0.2) is 49.7 Å². The fourth-order valence-corrected chi connectivity index (χ4v) is 4.00. The van der Waals surface area contributed by atoms with Gasteiger partial charge in [0, 0.05) is 24.2 Å². The molecular weight excluding hydrogens is 392 g/mol. The van der Waals surface area contributed by atoms with E-state index in [0.29, 0.717) is 0 Å². The molecule has 1 saturated heterocycles. The first-order chi connectivity index (χ1) is 14.2. The largest absolute Gasteiger partial charge is 0.454 e. The van der Waals surface area contributed by atoms with Crippen molar-refractivity contribution < 1.29 is 19.0 Å². The second-order valence-corrected chi connectivity index (χ2v) is 7.80. The van der Waals surface area contributed by atoms with Gasteiger partial charge in [-0.3, -0.25) is 4.79 Å². The lowest BCUT2D eigenvalue weighted by Gasteiger charge is -2.26. The predicted molar refractivity (Wildman–Crippen MR) is 111 cm³/mol. The SMILES string of the molecule is C/C(CCc1ccc2c(c1)OCO2)=N/NC(=O)Cc1csc(N2CCOCC2)n1. The summed E-state index contributed by atoms with van der Waals surface area (Å²) in [7, 11) is 0. The van der Waals surface area contributed by atoms with Gasteiger partial charge in [-0.05, 0) is 37.5 Å². The molecule has 154 valence electrons. The molecule has 0 radical (unpaired) electrons. The fraction of sp³-hybridized carbons (Fsp3) is 0.450. The molecule has 29 heavy (non-hydrogen) atoms. The Morgan fingerprint density at radius 1 is 1.28 bits per heavy atom. The Bertz CT molecular complexity index is 892. The molecule has 1 aromatic heterocycles. The third-order valence-electron chi connectivity index (χ3n) is 4.75. The van der Waals surface area contributed by atoms with Crippen LogP contribution in [0, 0.1) is 0 Å². The molecule has 9 heteroatoms. The summed E-state index contributed by atoms with van der Waals surface area (Å²) in [6.07, 6.45) is 1.79. The Labute approximate surface area is 173 Å². The van der Waals surface area contributed by atoms with Crippen molar-refractivity contribution in [3.05, 3.63) is 34.8 Å². The van der Waals surface area contributed by atoms with Crippen LogP contribution in [0.1, 0.15) is 24.6 Å². The van der Waals surface area contributed by atoms with Crippen LogP contribution in [0.3, 0.4) is 0 Å². The normalized spacial score (nSPS) is 16.2. The molecule has 0 unspecified atom stereocenters. The number of carbonyl (C=O) groups is 1. The van der Waals surface area contributed by atoms with E-state index in [-0.39, 0.29) is 19.1 Å². The number of aryl methyl sites for hydroxylation is 1. The monoisotopic (exact) mass is 416 g/mol. The molecule has 2 aliphatic heterocycles. The maximum atomic E-state index is 12.2. The van der Waals surface area contributed by atoms with E-state index in [1.165, 1.54) is 0 Å². The molecule has 0 bridgehead atoms. The first-order valence-corrected chi connectivity index (χ1v) is 10.5. The van der Waals surface area contributed by atoms with Gasteiger partial charge in [0.15, 0.2) is 16.6 Å². The van der Waals surface area contributed by atoms with Gasteiger partial charge < -0.3 is 19.1 Å². The van der Waals surface area contributed by atoms with Crippen LogP contribution < -0.4 is 19.8 Å². The topological polar surface area (TPSA) is 85.3 Å². The number of hydrogen-bond acceptors (Lipinski definition) is 8. The molecule has 8 nitrogen and oxygen atoms in total. The van der Waals surface area contributed by atoms with E-state index < -0.39 is 0 Å². The van der Waals surface area contributed by atoms with Gasteiger partial charge >= 0.3 is 0 Å². The van der Waals surface area contributed by atoms with Gasteiger partial charge in [-0.25, -0.2) is 10.4 Å². The molecule has 0 aliphatic carbocycles. The van der Waals surface area contributed by atoms with Crippen LogP contribution >= 0.6 is 11.3 Å². The highest BCUT2D eigenvalue weighted by Gasteiger charge is 2.16. The Hall–Kier alpha value is -2.65. The zero-order valence-electron chi connectivity index (χ0n) is 16.3. The number of nitrogens with one attached hydrogen (secondary N) is 1. The third kappa shape index (κ3) is 5.24. The van der Waals surface area contributed by atoms with Gasteiger partial charge in [0.25, 0.3) is 0 Å². The van der Waals surface area contributed by atoms with Crippen LogP contribution in [0.4, 0.5) is 5.13 Å². The number of benzene rings is 1. The fourth-order valence-electron chi connectivity index (χ4n) is 3.12. The molecule has 3 heterocycles. The summed E-state index contributed by atoms with van der Waals surface area (Å²) in [5, 5.41) is 7.09. The first kappa shape index (κ1) is 19.7. The Kier molecular flexibility index (Phi) is 6.26. The Morgan fingerprint density at radius 2 is 2.10 bits per heavy atom. The first-order valence-electron chi connectivity index (χ1n) is 9.65. The van der Waals surface area contributed by atoms with Crippen molar-refractivity contribution >= 4 is 28.1 Å². The summed E-state index contributed by atoms with van der Waals surface area (Å²) in [6.45, 7) is 5.30. The smallest absolute Gasteiger partial charge is 0.246 e. The zero-order chi connectivity index (χ0) is 20.1. The van der Waals surface area contributed by atoms with Crippen molar-refractivity contribution in [3.63, 3.8) is 0 Å². The number of ether oxygens (including phenoxy) is 3. The summed E-state index contributed by atoms with van der Waals surface area (Å²) < 4.78 is 16.1. The minimum atomic E-state index is -0.161. The summed E-state index contributed by atoms with van der Waals surface area (Å²) in [4.78, 5) is 18.9. The number of fused-ring (bicyclic) bond motifs is 1. The minimum Gasteiger partial charge on any atom is -0.454 e. The number of nitrogens with zero attached hydrogens (tertiary/aromatic N) is 3. The molecule has 1 amide bonds. The molecule has 2 aromatic rings.